The summed E-state index contributed by atoms with van der Waals surface area (Å²) in [5, 5.41) is 17.7. The Morgan fingerprint density at radius 3 is 2.06 bits per heavy atom. The minimum atomic E-state index is -1.82. The first-order chi connectivity index (χ1) is 15.6. The largest absolute Gasteiger partial charge is 0.473 e. The van der Waals surface area contributed by atoms with Crippen molar-refractivity contribution in [3.05, 3.63) is 46.4 Å². The molecule has 1 amide bonds. The van der Waals surface area contributed by atoms with Crippen molar-refractivity contribution in [3.63, 3.8) is 0 Å². The van der Waals surface area contributed by atoms with E-state index in [0.717, 1.165) is 44.1 Å². The summed E-state index contributed by atoms with van der Waals surface area (Å²) in [5.41, 5.74) is 1.65. The molecule has 11 nitrogen and oxygen atoms in total. The first kappa shape index (κ1) is 25.8. The lowest BCUT2D eigenvalue weighted by Gasteiger charge is -2.36. The van der Waals surface area contributed by atoms with Gasteiger partial charge in [-0.3, -0.25) is 19.2 Å². The monoisotopic (exact) mass is 461 g/mol. The number of carbonyl (C=O) groups is 3. The Kier molecular flexibility index (Phi) is 8.94. The molecule has 0 spiro atoms. The standard InChI is InChI=1S/C20H29N5O2.C2H2O4/c1-5-23-11-13-24(14-12-23)16(3)19(26)21-18-15(2)22(4)25(20(18)27)17-9-7-6-8-10-17;3-1(4)2(5)6/h6-10,16H,5,11-14H2,1-4H3,(H,21,26);(H,3,4)(H,5,6). The number of hydrogen-bond acceptors (Lipinski definition) is 6. The molecule has 2 heterocycles. The molecule has 1 fully saturated rings. The number of carboxylic acid groups (broad SMARTS) is 2. The van der Waals surface area contributed by atoms with Crippen molar-refractivity contribution in [3.8, 4) is 5.69 Å². The van der Waals surface area contributed by atoms with E-state index in [-0.39, 0.29) is 17.5 Å². The number of benzene rings is 1. The number of anilines is 1. The van der Waals surface area contributed by atoms with Gasteiger partial charge in [-0.2, -0.15) is 0 Å². The highest BCUT2D eigenvalue weighted by atomic mass is 16.4. The predicted octanol–water partition coefficient (Wildman–Crippen LogP) is 0.605. The summed E-state index contributed by atoms with van der Waals surface area (Å²) in [5.74, 6) is -3.78. The number of likely N-dealkylation sites (N-methyl/N-ethyl adjacent to an activating group) is 1. The van der Waals surface area contributed by atoms with Gasteiger partial charge in [0.15, 0.2) is 0 Å². The second-order valence-corrected chi connectivity index (χ2v) is 7.68. The molecule has 1 atom stereocenters. The van der Waals surface area contributed by atoms with Crippen molar-refractivity contribution in [2.45, 2.75) is 26.8 Å². The number of nitrogens with zero attached hydrogens (tertiary/aromatic N) is 4. The fourth-order valence-electron chi connectivity index (χ4n) is 3.57. The highest BCUT2D eigenvalue weighted by Gasteiger charge is 2.27. The highest BCUT2D eigenvalue weighted by molar-refractivity contribution is 6.27. The van der Waals surface area contributed by atoms with Crippen LogP contribution in [0.15, 0.2) is 35.1 Å². The van der Waals surface area contributed by atoms with Gasteiger partial charge in [0.05, 0.1) is 17.4 Å². The van der Waals surface area contributed by atoms with Crippen LogP contribution in [0.2, 0.25) is 0 Å². The first-order valence-corrected chi connectivity index (χ1v) is 10.7. The molecule has 1 unspecified atom stereocenters. The van der Waals surface area contributed by atoms with E-state index in [4.69, 9.17) is 19.8 Å². The van der Waals surface area contributed by atoms with Gasteiger partial charge >= 0.3 is 11.9 Å². The SMILES string of the molecule is CCN1CCN(C(C)C(=O)Nc2c(C)n(C)n(-c3ccccc3)c2=O)CC1.O=C(O)C(=O)O. The molecule has 0 radical (unpaired) electrons. The van der Waals surface area contributed by atoms with Gasteiger partial charge in [0.2, 0.25) is 5.91 Å². The van der Waals surface area contributed by atoms with Crippen molar-refractivity contribution in [1.29, 1.82) is 0 Å². The quantitative estimate of drug-likeness (QED) is 0.551. The maximum Gasteiger partial charge on any atom is 0.414 e. The van der Waals surface area contributed by atoms with Crippen LogP contribution >= 0.6 is 0 Å². The smallest absolute Gasteiger partial charge is 0.414 e. The van der Waals surface area contributed by atoms with Crippen LogP contribution in [0, 0.1) is 6.92 Å². The van der Waals surface area contributed by atoms with Crippen molar-refractivity contribution < 1.29 is 24.6 Å². The van der Waals surface area contributed by atoms with Gasteiger partial charge in [-0.25, -0.2) is 14.3 Å². The number of carboxylic acids is 2. The molecular formula is C22H31N5O6. The minimum Gasteiger partial charge on any atom is -0.473 e. The van der Waals surface area contributed by atoms with Crippen LogP contribution in [-0.2, 0) is 21.4 Å². The van der Waals surface area contributed by atoms with Gasteiger partial charge in [-0.1, -0.05) is 25.1 Å². The molecular weight excluding hydrogens is 430 g/mol. The van der Waals surface area contributed by atoms with Gasteiger partial charge in [0.1, 0.15) is 5.69 Å². The molecule has 1 aliphatic rings. The zero-order valence-corrected chi connectivity index (χ0v) is 19.3. The number of hydrogen-bond donors (Lipinski definition) is 3. The average Bonchev–Trinajstić information content (AvgIpc) is 3.02. The molecule has 1 aliphatic heterocycles. The third-order valence-electron chi connectivity index (χ3n) is 5.77. The Balaban J connectivity index is 0.000000569. The van der Waals surface area contributed by atoms with E-state index in [9.17, 15) is 9.59 Å². The number of aliphatic carboxylic acids is 2. The second-order valence-electron chi connectivity index (χ2n) is 7.68. The lowest BCUT2D eigenvalue weighted by Crippen LogP contribution is -2.52. The molecule has 1 aromatic heterocycles. The third-order valence-corrected chi connectivity index (χ3v) is 5.77. The average molecular weight is 462 g/mol. The molecule has 3 N–H and O–H groups in total. The number of aromatic nitrogens is 2. The normalized spacial score (nSPS) is 15.3. The molecule has 0 saturated carbocycles. The molecule has 33 heavy (non-hydrogen) atoms. The topological polar surface area (TPSA) is 137 Å². The van der Waals surface area contributed by atoms with E-state index in [1.54, 1.807) is 9.36 Å². The molecule has 0 aliphatic carbocycles. The molecule has 0 bridgehead atoms. The predicted molar refractivity (Wildman–Crippen MR) is 123 cm³/mol. The van der Waals surface area contributed by atoms with Gasteiger partial charge in [-0.05, 0) is 32.5 Å². The van der Waals surface area contributed by atoms with Crippen LogP contribution in [-0.4, -0.2) is 86.0 Å². The van der Waals surface area contributed by atoms with Crippen LogP contribution < -0.4 is 10.9 Å². The van der Waals surface area contributed by atoms with Gasteiger partial charge < -0.3 is 20.4 Å². The summed E-state index contributed by atoms with van der Waals surface area (Å²) in [6.07, 6.45) is 0. The summed E-state index contributed by atoms with van der Waals surface area (Å²) >= 11 is 0. The Bertz CT molecular complexity index is 1030. The van der Waals surface area contributed by atoms with E-state index < -0.39 is 11.9 Å². The summed E-state index contributed by atoms with van der Waals surface area (Å²) in [6.45, 7) is 10.6. The Hall–Kier alpha value is -3.44. The molecule has 1 saturated heterocycles. The lowest BCUT2D eigenvalue weighted by molar-refractivity contribution is -0.159. The number of carbonyl (C=O) groups excluding carboxylic acids is 1. The summed E-state index contributed by atoms with van der Waals surface area (Å²) in [4.78, 5) is 48.5. The van der Waals surface area contributed by atoms with Gasteiger partial charge in [-0.15, -0.1) is 0 Å². The number of nitrogens with one attached hydrogen (secondary N) is 1. The van der Waals surface area contributed by atoms with Gasteiger partial charge in [0.25, 0.3) is 5.56 Å². The number of rotatable bonds is 5. The van der Waals surface area contributed by atoms with E-state index in [1.165, 1.54) is 0 Å². The van der Waals surface area contributed by atoms with Crippen molar-refractivity contribution in [2.24, 2.45) is 7.05 Å². The van der Waals surface area contributed by atoms with Crippen LogP contribution in [0.4, 0.5) is 5.69 Å². The number of para-hydroxylation sites is 1. The lowest BCUT2D eigenvalue weighted by atomic mass is 10.2. The maximum atomic E-state index is 12.9. The fraction of sp³-hybridized carbons (Fsp3) is 0.455. The minimum absolute atomic E-state index is 0.133. The van der Waals surface area contributed by atoms with E-state index in [2.05, 4.69) is 22.0 Å². The molecule has 1 aromatic carbocycles. The fourth-order valence-corrected chi connectivity index (χ4v) is 3.57. The van der Waals surface area contributed by atoms with Crippen molar-refractivity contribution >= 4 is 23.5 Å². The van der Waals surface area contributed by atoms with E-state index in [1.807, 2.05) is 51.2 Å². The second kappa shape index (κ2) is 11.4. The third kappa shape index (κ3) is 6.30. The summed E-state index contributed by atoms with van der Waals surface area (Å²) in [7, 11) is 1.83. The zero-order chi connectivity index (χ0) is 24.7. The highest BCUT2D eigenvalue weighted by Crippen LogP contribution is 2.15. The molecule has 2 aromatic rings. The number of piperazine rings is 1. The van der Waals surface area contributed by atoms with Gasteiger partial charge in [0, 0.05) is 33.2 Å². The van der Waals surface area contributed by atoms with Crippen molar-refractivity contribution in [2.75, 3.05) is 38.0 Å². The molecule has 3 rings (SSSR count). The van der Waals surface area contributed by atoms with Crippen LogP contribution in [0.3, 0.4) is 0 Å². The van der Waals surface area contributed by atoms with E-state index in [0.29, 0.717) is 5.69 Å². The Morgan fingerprint density at radius 2 is 1.58 bits per heavy atom. The summed E-state index contributed by atoms with van der Waals surface area (Å²) < 4.78 is 3.35. The molecule has 180 valence electrons. The summed E-state index contributed by atoms with van der Waals surface area (Å²) in [6, 6.07) is 9.17. The number of amides is 1. The van der Waals surface area contributed by atoms with Crippen LogP contribution in [0.5, 0.6) is 0 Å². The van der Waals surface area contributed by atoms with E-state index >= 15 is 0 Å². The van der Waals surface area contributed by atoms with Crippen LogP contribution in [0.25, 0.3) is 5.69 Å². The first-order valence-electron chi connectivity index (χ1n) is 10.7. The molecule has 11 heteroatoms. The Morgan fingerprint density at radius 1 is 1.03 bits per heavy atom. The zero-order valence-electron chi connectivity index (χ0n) is 19.3. The maximum absolute atomic E-state index is 12.9. The van der Waals surface area contributed by atoms with Crippen molar-refractivity contribution in [1.82, 2.24) is 19.2 Å². The Labute approximate surface area is 191 Å². The van der Waals surface area contributed by atoms with Crippen LogP contribution in [0.1, 0.15) is 19.5 Å².